The summed E-state index contributed by atoms with van der Waals surface area (Å²) in [6.45, 7) is 1.67. The van der Waals surface area contributed by atoms with Gasteiger partial charge in [-0.2, -0.15) is 0 Å². The van der Waals surface area contributed by atoms with Gasteiger partial charge in [0.05, 0.1) is 0 Å². The molecule has 1 aromatic rings. The van der Waals surface area contributed by atoms with Gasteiger partial charge < -0.3 is 19.5 Å². The number of hydrogen-bond acceptors (Lipinski definition) is 5. The predicted octanol–water partition coefficient (Wildman–Crippen LogP) is 3.02. The van der Waals surface area contributed by atoms with Crippen LogP contribution in [0.4, 0.5) is 0 Å². The van der Waals surface area contributed by atoms with Gasteiger partial charge in [-0.05, 0) is 54.9 Å². The molecule has 0 bridgehead atoms. The van der Waals surface area contributed by atoms with Crippen LogP contribution in [-0.2, 0) is 4.74 Å². The van der Waals surface area contributed by atoms with Gasteiger partial charge >= 0.3 is 13.1 Å². The van der Waals surface area contributed by atoms with Crippen molar-refractivity contribution in [1.82, 2.24) is 0 Å². The number of fused-ring (bicyclic) bond motifs is 3. The second-order valence-electron chi connectivity index (χ2n) is 6.87. The van der Waals surface area contributed by atoms with Gasteiger partial charge in [0.1, 0.15) is 11.3 Å². The number of rotatable bonds is 5. The average Bonchev–Trinajstić information content (AvgIpc) is 3.37. The molecule has 0 amide bonds. The van der Waals surface area contributed by atoms with E-state index >= 15 is 0 Å². The molecule has 7 heteroatoms. The van der Waals surface area contributed by atoms with Crippen LogP contribution >= 0.6 is 11.8 Å². The summed E-state index contributed by atoms with van der Waals surface area (Å²) in [5.74, 6) is 1.34. The summed E-state index contributed by atoms with van der Waals surface area (Å²) in [6.07, 6.45) is 4.13. The quantitative estimate of drug-likeness (QED) is 0.629. The van der Waals surface area contributed by atoms with E-state index in [1.54, 1.807) is 11.8 Å². The van der Waals surface area contributed by atoms with Crippen LogP contribution < -0.4 is 4.65 Å². The Balaban J connectivity index is 1.50. The Morgan fingerprint density at radius 2 is 2.12 bits per heavy atom. The first kappa shape index (κ1) is 16.3. The Bertz CT molecular complexity index is 646. The van der Waals surface area contributed by atoms with E-state index in [4.69, 9.17) is 9.39 Å². The number of carboxylic acid groups (broad SMARTS) is 1. The van der Waals surface area contributed by atoms with Crippen molar-refractivity contribution in [3.05, 3.63) is 23.3 Å². The number of ether oxygens (including phenoxy) is 1. The summed E-state index contributed by atoms with van der Waals surface area (Å²) in [4.78, 5) is 12.5. The van der Waals surface area contributed by atoms with Crippen molar-refractivity contribution < 1.29 is 24.3 Å². The number of hydrogen-bond donors (Lipinski definition) is 2. The molecular weight excluding hydrogens is 327 g/mol. The Morgan fingerprint density at radius 3 is 2.88 bits per heavy atom. The molecule has 0 unspecified atom stereocenters. The Morgan fingerprint density at radius 1 is 1.33 bits per heavy atom. The van der Waals surface area contributed by atoms with E-state index in [2.05, 4.69) is 0 Å². The van der Waals surface area contributed by atoms with Gasteiger partial charge in [0.15, 0.2) is 0 Å². The number of thioether (sulfide) groups is 1. The fourth-order valence-electron chi connectivity index (χ4n) is 3.79. The summed E-state index contributed by atoms with van der Waals surface area (Å²) in [5, 5.41) is 19.6. The second-order valence-corrected chi connectivity index (χ2v) is 8.01. The van der Waals surface area contributed by atoms with E-state index < -0.39 is 13.1 Å². The van der Waals surface area contributed by atoms with Crippen LogP contribution in [0.5, 0.6) is 5.75 Å². The van der Waals surface area contributed by atoms with Gasteiger partial charge in [0, 0.05) is 23.9 Å². The third-order valence-corrected chi connectivity index (χ3v) is 6.42. The summed E-state index contributed by atoms with van der Waals surface area (Å²) in [5.41, 5.74) is 1.16. The zero-order chi connectivity index (χ0) is 16.7. The molecule has 2 fully saturated rings. The third kappa shape index (κ3) is 3.05. The third-order valence-electron chi connectivity index (χ3n) is 5.33. The molecule has 2 atom stereocenters. The predicted molar refractivity (Wildman–Crippen MR) is 92.0 cm³/mol. The number of carboxylic acids is 1. The lowest BCUT2D eigenvalue weighted by Gasteiger charge is -2.23. The van der Waals surface area contributed by atoms with Crippen LogP contribution in [-0.4, -0.2) is 42.2 Å². The molecule has 1 saturated heterocycles. The molecule has 128 valence electrons. The Hall–Kier alpha value is -1.18. The summed E-state index contributed by atoms with van der Waals surface area (Å²) in [7, 11) is -0.872. The molecule has 0 radical (unpaired) electrons. The zero-order valence-corrected chi connectivity index (χ0v) is 14.3. The highest BCUT2D eigenvalue weighted by Crippen LogP contribution is 2.60. The van der Waals surface area contributed by atoms with E-state index in [1.807, 2.05) is 12.1 Å². The van der Waals surface area contributed by atoms with Crippen molar-refractivity contribution in [1.29, 1.82) is 0 Å². The van der Waals surface area contributed by atoms with Crippen molar-refractivity contribution in [2.24, 2.45) is 5.92 Å². The van der Waals surface area contributed by atoms with Gasteiger partial charge in [-0.1, -0.05) is 6.07 Å². The monoisotopic (exact) mass is 348 g/mol. The number of benzene rings is 1. The van der Waals surface area contributed by atoms with Crippen LogP contribution in [0.2, 0.25) is 5.82 Å². The highest BCUT2D eigenvalue weighted by Gasteiger charge is 2.54. The topological polar surface area (TPSA) is 76.0 Å². The molecule has 2 aliphatic heterocycles. The smallest absolute Gasteiger partial charge is 0.526 e. The van der Waals surface area contributed by atoms with Crippen LogP contribution in [0.15, 0.2) is 17.0 Å². The van der Waals surface area contributed by atoms with Gasteiger partial charge in [-0.25, -0.2) is 4.79 Å². The van der Waals surface area contributed by atoms with Crippen molar-refractivity contribution in [3.8, 4) is 5.75 Å². The molecule has 2 heterocycles. The Kier molecular flexibility index (Phi) is 4.49. The SMILES string of the molecule is O=C(O)c1c(SCCC2CCOCC2)ccc2c1OB(O)[C@H]1C[C@@H]21. The zero-order valence-electron chi connectivity index (χ0n) is 13.4. The van der Waals surface area contributed by atoms with Gasteiger partial charge in [-0.15, -0.1) is 11.8 Å². The molecule has 5 nitrogen and oxygen atoms in total. The first-order valence-corrected chi connectivity index (χ1v) is 9.59. The van der Waals surface area contributed by atoms with Crippen molar-refractivity contribution in [2.75, 3.05) is 19.0 Å². The number of carbonyl (C=O) groups is 1. The summed E-state index contributed by atoms with van der Waals surface area (Å²) >= 11 is 1.57. The average molecular weight is 348 g/mol. The lowest BCUT2D eigenvalue weighted by atomic mass is 9.77. The molecule has 24 heavy (non-hydrogen) atoms. The van der Waals surface area contributed by atoms with E-state index in [0.717, 1.165) is 55.1 Å². The molecule has 4 rings (SSSR count). The lowest BCUT2D eigenvalue weighted by molar-refractivity contribution is 0.0657. The highest BCUT2D eigenvalue weighted by atomic mass is 32.2. The van der Waals surface area contributed by atoms with Gasteiger partial charge in [-0.3, -0.25) is 0 Å². The largest absolute Gasteiger partial charge is 0.535 e. The molecule has 3 aliphatic rings. The molecular formula is C17H21BO5S. The summed E-state index contributed by atoms with van der Waals surface area (Å²) < 4.78 is 10.9. The van der Waals surface area contributed by atoms with Crippen LogP contribution in [0, 0.1) is 5.92 Å². The molecule has 2 N–H and O–H groups in total. The highest BCUT2D eigenvalue weighted by molar-refractivity contribution is 7.99. The lowest BCUT2D eigenvalue weighted by Crippen LogP contribution is -2.27. The van der Waals surface area contributed by atoms with E-state index in [1.165, 1.54) is 0 Å². The molecule has 1 aromatic carbocycles. The van der Waals surface area contributed by atoms with Crippen molar-refractivity contribution in [2.45, 2.75) is 42.3 Å². The van der Waals surface area contributed by atoms with Crippen LogP contribution in [0.1, 0.15) is 47.5 Å². The first-order chi connectivity index (χ1) is 11.6. The maximum Gasteiger partial charge on any atom is 0.526 e. The minimum Gasteiger partial charge on any atom is -0.535 e. The molecule has 0 spiro atoms. The standard InChI is InChI=1S/C17H21BO5S/c19-17(20)15-14(24-8-5-10-3-6-22-7-4-10)2-1-11-12-9-13(12)18(21)23-16(11)15/h1-2,10,12-13,21H,3-9H2,(H,19,20)/t12-,13-/m0/s1. The van der Waals surface area contributed by atoms with E-state index in [0.29, 0.717) is 11.7 Å². The molecule has 0 aromatic heterocycles. The molecule has 1 saturated carbocycles. The van der Waals surface area contributed by atoms with Crippen molar-refractivity contribution >= 4 is 24.8 Å². The van der Waals surface area contributed by atoms with Crippen LogP contribution in [0.3, 0.4) is 0 Å². The van der Waals surface area contributed by atoms with Gasteiger partial charge in [0.2, 0.25) is 0 Å². The minimum absolute atomic E-state index is 0.131. The fraction of sp³-hybridized carbons (Fsp3) is 0.588. The summed E-state index contributed by atoms with van der Waals surface area (Å²) in [6, 6.07) is 3.89. The number of aromatic carboxylic acids is 1. The fourth-order valence-corrected chi connectivity index (χ4v) is 4.95. The maximum absolute atomic E-state index is 11.8. The molecule has 1 aliphatic carbocycles. The van der Waals surface area contributed by atoms with E-state index in [9.17, 15) is 14.9 Å². The van der Waals surface area contributed by atoms with Crippen LogP contribution in [0.25, 0.3) is 0 Å². The van der Waals surface area contributed by atoms with Gasteiger partial charge in [0.25, 0.3) is 0 Å². The van der Waals surface area contributed by atoms with Crippen molar-refractivity contribution in [3.63, 3.8) is 0 Å². The van der Waals surface area contributed by atoms with E-state index in [-0.39, 0.29) is 17.3 Å². The maximum atomic E-state index is 11.8. The minimum atomic E-state index is -0.980. The second kappa shape index (κ2) is 6.62. The first-order valence-electron chi connectivity index (χ1n) is 8.60. The Labute approximate surface area is 145 Å². The normalized spacial score (nSPS) is 25.6.